The maximum absolute atomic E-state index is 12.1. The molecule has 2 rings (SSSR count). The van der Waals surface area contributed by atoms with Gasteiger partial charge in [-0.2, -0.15) is 5.26 Å². The van der Waals surface area contributed by atoms with Crippen LogP contribution in [0.1, 0.15) is 21.6 Å². The molecule has 21 heavy (non-hydrogen) atoms. The molecule has 0 bridgehead atoms. The van der Waals surface area contributed by atoms with E-state index in [1.54, 1.807) is 6.08 Å². The summed E-state index contributed by atoms with van der Waals surface area (Å²) in [6, 6.07) is 11.9. The molecule has 0 aliphatic carbocycles. The molecule has 0 aliphatic rings. The third-order valence-corrected chi connectivity index (χ3v) is 4.08. The lowest BCUT2D eigenvalue weighted by Crippen LogP contribution is -2.23. The lowest BCUT2D eigenvalue weighted by Gasteiger charge is -2.05. The van der Waals surface area contributed by atoms with Gasteiger partial charge in [0.1, 0.15) is 11.6 Å². The number of rotatable bonds is 4. The fourth-order valence-corrected chi connectivity index (χ4v) is 2.65. The average molecular weight is 296 g/mol. The molecule has 4 heteroatoms. The first-order valence-corrected chi connectivity index (χ1v) is 7.48. The first-order chi connectivity index (χ1) is 10.1. The van der Waals surface area contributed by atoms with Crippen LogP contribution in [0.5, 0.6) is 0 Å². The van der Waals surface area contributed by atoms with E-state index >= 15 is 0 Å². The third kappa shape index (κ3) is 4.04. The fourth-order valence-electron chi connectivity index (χ4n) is 1.80. The summed E-state index contributed by atoms with van der Waals surface area (Å²) in [4.78, 5) is 13.0. The molecule has 1 heterocycles. The van der Waals surface area contributed by atoms with Crippen LogP contribution in [0.4, 0.5) is 0 Å². The molecule has 0 radical (unpaired) electrons. The highest BCUT2D eigenvalue weighted by Gasteiger charge is 2.09. The van der Waals surface area contributed by atoms with E-state index in [0.717, 1.165) is 16.0 Å². The number of nitriles is 1. The Morgan fingerprint density at radius 1 is 1.29 bits per heavy atom. The monoisotopic (exact) mass is 296 g/mol. The van der Waals surface area contributed by atoms with Gasteiger partial charge in [-0.25, -0.2) is 0 Å². The summed E-state index contributed by atoms with van der Waals surface area (Å²) in [7, 11) is 0. The Morgan fingerprint density at radius 2 is 2.00 bits per heavy atom. The Bertz CT molecular complexity index is 705. The molecule has 0 aliphatic heterocycles. The van der Waals surface area contributed by atoms with Gasteiger partial charge in [-0.05, 0) is 42.5 Å². The molecule has 0 atom stereocenters. The normalized spacial score (nSPS) is 11.0. The van der Waals surface area contributed by atoms with E-state index in [9.17, 15) is 4.79 Å². The summed E-state index contributed by atoms with van der Waals surface area (Å²) in [5.74, 6) is -0.342. The van der Waals surface area contributed by atoms with Crippen molar-refractivity contribution in [2.45, 2.75) is 20.4 Å². The number of thiophene rings is 1. The first kappa shape index (κ1) is 15.0. The van der Waals surface area contributed by atoms with Gasteiger partial charge in [-0.3, -0.25) is 4.79 Å². The number of aryl methyl sites for hydroxylation is 2. The number of amides is 1. The second-order valence-corrected chi connectivity index (χ2v) is 5.75. The largest absolute Gasteiger partial charge is 0.347 e. The van der Waals surface area contributed by atoms with Crippen molar-refractivity contribution in [3.05, 3.63) is 62.9 Å². The van der Waals surface area contributed by atoms with Gasteiger partial charge in [0, 0.05) is 11.4 Å². The van der Waals surface area contributed by atoms with Crippen molar-refractivity contribution in [3.63, 3.8) is 0 Å². The van der Waals surface area contributed by atoms with Gasteiger partial charge in [0.25, 0.3) is 5.91 Å². The van der Waals surface area contributed by atoms with E-state index in [-0.39, 0.29) is 11.5 Å². The van der Waals surface area contributed by atoms with Crippen LogP contribution >= 0.6 is 11.3 Å². The minimum atomic E-state index is -0.342. The lowest BCUT2D eigenvalue weighted by atomic mass is 10.1. The second kappa shape index (κ2) is 6.87. The smallest absolute Gasteiger partial charge is 0.262 e. The van der Waals surface area contributed by atoms with Gasteiger partial charge in [-0.1, -0.05) is 29.8 Å². The lowest BCUT2D eigenvalue weighted by molar-refractivity contribution is -0.117. The second-order valence-electron chi connectivity index (χ2n) is 4.81. The number of nitrogens with zero attached hydrogens (tertiary/aromatic N) is 1. The van der Waals surface area contributed by atoms with Crippen molar-refractivity contribution < 1.29 is 4.79 Å². The van der Waals surface area contributed by atoms with Gasteiger partial charge < -0.3 is 5.32 Å². The Balaban J connectivity index is 2.04. The molecule has 2 aromatic rings. The predicted molar refractivity (Wildman–Crippen MR) is 85.7 cm³/mol. The highest BCUT2D eigenvalue weighted by atomic mass is 32.1. The molecule has 0 spiro atoms. The van der Waals surface area contributed by atoms with E-state index in [0.29, 0.717) is 6.54 Å². The van der Waals surface area contributed by atoms with Gasteiger partial charge in [0.05, 0.1) is 0 Å². The SMILES string of the molecule is Cc1ccc(CNC(=O)/C(C#N)=C/c2sccc2C)cc1. The maximum Gasteiger partial charge on any atom is 0.262 e. The molecule has 0 fully saturated rings. The van der Waals surface area contributed by atoms with Crippen molar-refractivity contribution in [1.29, 1.82) is 5.26 Å². The Labute approximate surface area is 128 Å². The summed E-state index contributed by atoms with van der Waals surface area (Å²) < 4.78 is 0. The van der Waals surface area contributed by atoms with Crippen LogP contribution in [0.25, 0.3) is 6.08 Å². The summed E-state index contributed by atoms with van der Waals surface area (Å²) in [5.41, 5.74) is 3.39. The molecule has 0 unspecified atom stereocenters. The van der Waals surface area contributed by atoms with Crippen LogP contribution in [0.15, 0.2) is 41.3 Å². The van der Waals surface area contributed by atoms with Crippen molar-refractivity contribution in [2.75, 3.05) is 0 Å². The molecule has 106 valence electrons. The van der Waals surface area contributed by atoms with Crippen LogP contribution in [0.2, 0.25) is 0 Å². The standard InChI is InChI=1S/C17H16N2OS/c1-12-3-5-14(6-4-12)11-19-17(20)15(10-18)9-16-13(2)7-8-21-16/h3-9H,11H2,1-2H3,(H,19,20)/b15-9+. The van der Waals surface area contributed by atoms with Gasteiger partial charge in [-0.15, -0.1) is 11.3 Å². The highest BCUT2D eigenvalue weighted by molar-refractivity contribution is 7.11. The van der Waals surface area contributed by atoms with Gasteiger partial charge >= 0.3 is 0 Å². The van der Waals surface area contributed by atoms with E-state index in [4.69, 9.17) is 5.26 Å². The van der Waals surface area contributed by atoms with Crippen LogP contribution in [0.3, 0.4) is 0 Å². The Hall–Kier alpha value is -2.38. The third-order valence-electron chi connectivity index (χ3n) is 3.12. The minimum absolute atomic E-state index is 0.132. The van der Waals surface area contributed by atoms with Gasteiger partial charge in [0.2, 0.25) is 0 Å². The predicted octanol–water partition coefficient (Wildman–Crippen LogP) is 3.59. The summed E-state index contributed by atoms with van der Waals surface area (Å²) in [6.45, 7) is 4.39. The fraction of sp³-hybridized carbons (Fsp3) is 0.176. The Morgan fingerprint density at radius 3 is 2.57 bits per heavy atom. The zero-order valence-electron chi connectivity index (χ0n) is 12.0. The van der Waals surface area contributed by atoms with E-state index < -0.39 is 0 Å². The summed E-state index contributed by atoms with van der Waals surface area (Å²) >= 11 is 1.52. The van der Waals surface area contributed by atoms with Crippen molar-refractivity contribution >= 4 is 23.3 Å². The summed E-state index contributed by atoms with van der Waals surface area (Å²) in [6.07, 6.45) is 1.64. The zero-order valence-corrected chi connectivity index (χ0v) is 12.8. The first-order valence-electron chi connectivity index (χ1n) is 6.60. The van der Waals surface area contributed by atoms with E-state index in [1.807, 2.05) is 55.6 Å². The number of hydrogen-bond acceptors (Lipinski definition) is 3. The number of carbonyl (C=O) groups is 1. The van der Waals surface area contributed by atoms with E-state index in [2.05, 4.69) is 5.32 Å². The van der Waals surface area contributed by atoms with Gasteiger partial charge in [0.15, 0.2) is 0 Å². The number of carbonyl (C=O) groups excluding carboxylic acids is 1. The molecule has 1 aromatic carbocycles. The number of benzene rings is 1. The van der Waals surface area contributed by atoms with E-state index in [1.165, 1.54) is 16.9 Å². The number of nitrogens with one attached hydrogen (secondary N) is 1. The van der Waals surface area contributed by atoms with Crippen molar-refractivity contribution in [2.24, 2.45) is 0 Å². The summed E-state index contributed by atoms with van der Waals surface area (Å²) in [5, 5.41) is 13.9. The quantitative estimate of drug-likeness (QED) is 0.692. The molecular weight excluding hydrogens is 280 g/mol. The van der Waals surface area contributed by atoms with Crippen LogP contribution in [0, 0.1) is 25.2 Å². The zero-order chi connectivity index (χ0) is 15.2. The topological polar surface area (TPSA) is 52.9 Å². The molecule has 0 saturated heterocycles. The highest BCUT2D eigenvalue weighted by Crippen LogP contribution is 2.19. The molecule has 1 amide bonds. The molecule has 1 aromatic heterocycles. The number of hydrogen-bond donors (Lipinski definition) is 1. The maximum atomic E-state index is 12.1. The molecule has 3 nitrogen and oxygen atoms in total. The Kier molecular flexibility index (Phi) is 4.91. The van der Waals surface area contributed by atoms with Crippen LogP contribution in [-0.4, -0.2) is 5.91 Å². The van der Waals surface area contributed by atoms with Crippen molar-refractivity contribution in [1.82, 2.24) is 5.32 Å². The molecule has 0 saturated carbocycles. The molecule has 1 N–H and O–H groups in total. The average Bonchev–Trinajstić information content (AvgIpc) is 2.89. The minimum Gasteiger partial charge on any atom is -0.347 e. The van der Waals surface area contributed by atoms with Crippen LogP contribution < -0.4 is 5.32 Å². The van der Waals surface area contributed by atoms with Crippen molar-refractivity contribution in [3.8, 4) is 6.07 Å². The molecular formula is C17H16N2OS. The van der Waals surface area contributed by atoms with Crippen LogP contribution in [-0.2, 0) is 11.3 Å².